The molecule has 1 aliphatic heterocycles. The first-order valence-corrected chi connectivity index (χ1v) is 8.48. The normalized spacial score (nSPS) is 19.3. The Kier molecular flexibility index (Phi) is 4.80. The van der Waals surface area contributed by atoms with Crippen LogP contribution in [0.4, 0.5) is 0 Å². The molecule has 2 aromatic rings. The number of morpholine rings is 1. The molecule has 3 rings (SSSR count). The molecule has 1 heterocycles. The fourth-order valence-electron chi connectivity index (χ4n) is 2.99. The van der Waals surface area contributed by atoms with E-state index in [0.717, 1.165) is 5.56 Å². The van der Waals surface area contributed by atoms with Gasteiger partial charge in [-0.05, 0) is 49.7 Å². The maximum absolute atomic E-state index is 13.1. The molecule has 0 spiro atoms. The number of halogens is 1. The minimum atomic E-state index is -0.436. The lowest BCUT2D eigenvalue weighted by molar-refractivity contribution is -0.0846. The zero-order valence-corrected chi connectivity index (χ0v) is 15.0. The summed E-state index contributed by atoms with van der Waals surface area (Å²) in [5.41, 5.74) is 1.50. The summed E-state index contributed by atoms with van der Waals surface area (Å²) in [4.78, 5) is 14.9. The first-order valence-electron chi connectivity index (χ1n) is 8.10. The average Bonchev–Trinajstić information content (AvgIpc) is 2.61. The van der Waals surface area contributed by atoms with Crippen molar-refractivity contribution in [3.63, 3.8) is 0 Å². The highest BCUT2D eigenvalue weighted by molar-refractivity contribution is 6.30. The van der Waals surface area contributed by atoms with Crippen molar-refractivity contribution in [1.29, 1.82) is 5.26 Å². The summed E-state index contributed by atoms with van der Waals surface area (Å²) in [5, 5.41) is 9.71. The first-order chi connectivity index (χ1) is 11.9. The topological polar surface area (TPSA) is 53.3 Å². The highest BCUT2D eigenvalue weighted by atomic mass is 35.5. The Morgan fingerprint density at radius 1 is 1.28 bits per heavy atom. The zero-order chi connectivity index (χ0) is 18.0. The van der Waals surface area contributed by atoms with Crippen LogP contribution >= 0.6 is 11.6 Å². The molecule has 0 bridgehead atoms. The molecule has 1 aliphatic rings. The number of amides is 1. The van der Waals surface area contributed by atoms with Gasteiger partial charge < -0.3 is 9.64 Å². The van der Waals surface area contributed by atoms with Gasteiger partial charge in [-0.2, -0.15) is 5.26 Å². The van der Waals surface area contributed by atoms with E-state index >= 15 is 0 Å². The minimum absolute atomic E-state index is 0.0996. The van der Waals surface area contributed by atoms with Gasteiger partial charge in [-0.1, -0.05) is 29.8 Å². The van der Waals surface area contributed by atoms with Gasteiger partial charge in [0.1, 0.15) is 6.10 Å². The fraction of sp³-hybridized carbons (Fsp3) is 0.300. The number of hydrogen-bond acceptors (Lipinski definition) is 3. The van der Waals surface area contributed by atoms with Crippen LogP contribution < -0.4 is 0 Å². The van der Waals surface area contributed by atoms with Gasteiger partial charge in [-0.15, -0.1) is 0 Å². The number of rotatable bonds is 2. The molecule has 1 atom stereocenters. The van der Waals surface area contributed by atoms with Crippen LogP contribution in [0, 0.1) is 11.3 Å². The van der Waals surface area contributed by atoms with Crippen molar-refractivity contribution < 1.29 is 9.53 Å². The van der Waals surface area contributed by atoms with E-state index in [0.29, 0.717) is 29.3 Å². The van der Waals surface area contributed by atoms with Crippen molar-refractivity contribution in [3.8, 4) is 6.07 Å². The van der Waals surface area contributed by atoms with Gasteiger partial charge in [0.05, 0.1) is 30.3 Å². The van der Waals surface area contributed by atoms with Gasteiger partial charge >= 0.3 is 0 Å². The van der Waals surface area contributed by atoms with Gasteiger partial charge in [-0.25, -0.2) is 0 Å². The van der Waals surface area contributed by atoms with Crippen molar-refractivity contribution in [3.05, 3.63) is 70.2 Å². The SMILES string of the molecule is CC1(C)COC(c2cccc(Cl)c2)CN1C(=O)c1cccc(C#N)c1. The van der Waals surface area contributed by atoms with Crippen LogP contribution in [0.2, 0.25) is 5.02 Å². The Morgan fingerprint density at radius 3 is 2.76 bits per heavy atom. The minimum Gasteiger partial charge on any atom is -0.369 e. The quantitative estimate of drug-likeness (QED) is 0.812. The summed E-state index contributed by atoms with van der Waals surface area (Å²) in [7, 11) is 0. The van der Waals surface area contributed by atoms with E-state index in [1.54, 1.807) is 24.3 Å². The Bertz CT molecular complexity index is 842. The third-order valence-electron chi connectivity index (χ3n) is 4.42. The van der Waals surface area contributed by atoms with Gasteiger partial charge in [0.25, 0.3) is 5.91 Å². The standard InChI is InChI=1S/C20H19ClN2O2/c1-20(2)13-25-18(15-6-4-8-17(21)10-15)12-23(20)19(24)16-7-3-5-14(9-16)11-22/h3-10,18H,12-13H2,1-2H3. The number of nitriles is 1. The summed E-state index contributed by atoms with van der Waals surface area (Å²) >= 11 is 6.08. The van der Waals surface area contributed by atoms with Crippen LogP contribution in [0.1, 0.15) is 41.4 Å². The van der Waals surface area contributed by atoms with Crippen LogP contribution in [0.25, 0.3) is 0 Å². The van der Waals surface area contributed by atoms with Crippen molar-refractivity contribution in [1.82, 2.24) is 4.90 Å². The van der Waals surface area contributed by atoms with Gasteiger partial charge in [-0.3, -0.25) is 4.79 Å². The van der Waals surface area contributed by atoms with E-state index in [1.807, 2.05) is 43.0 Å². The van der Waals surface area contributed by atoms with Crippen LogP contribution in [0.5, 0.6) is 0 Å². The number of benzene rings is 2. The molecule has 4 nitrogen and oxygen atoms in total. The number of ether oxygens (including phenoxy) is 1. The molecule has 0 aromatic heterocycles. The second-order valence-electron chi connectivity index (χ2n) is 6.78. The van der Waals surface area contributed by atoms with E-state index in [-0.39, 0.29) is 12.0 Å². The molecule has 0 saturated carbocycles. The maximum Gasteiger partial charge on any atom is 0.254 e. The molecule has 1 fully saturated rings. The molecule has 25 heavy (non-hydrogen) atoms. The summed E-state index contributed by atoms with van der Waals surface area (Å²) in [6, 6.07) is 16.4. The predicted molar refractivity (Wildman–Crippen MR) is 96.4 cm³/mol. The molecular formula is C20H19ClN2O2. The Balaban J connectivity index is 1.89. The number of hydrogen-bond donors (Lipinski definition) is 0. The lowest BCUT2D eigenvalue weighted by Gasteiger charge is -2.45. The van der Waals surface area contributed by atoms with Crippen LogP contribution in [0.3, 0.4) is 0 Å². The van der Waals surface area contributed by atoms with E-state index < -0.39 is 5.54 Å². The van der Waals surface area contributed by atoms with E-state index in [1.165, 1.54) is 0 Å². The summed E-state index contributed by atoms with van der Waals surface area (Å²) < 4.78 is 5.99. The van der Waals surface area contributed by atoms with E-state index in [2.05, 4.69) is 6.07 Å². The number of nitrogens with zero attached hydrogens (tertiary/aromatic N) is 2. The van der Waals surface area contributed by atoms with Gasteiger partial charge in [0, 0.05) is 10.6 Å². The van der Waals surface area contributed by atoms with E-state index in [4.69, 9.17) is 21.6 Å². The average molecular weight is 355 g/mol. The van der Waals surface area contributed by atoms with Crippen LogP contribution in [0.15, 0.2) is 48.5 Å². The molecular weight excluding hydrogens is 336 g/mol. The van der Waals surface area contributed by atoms with Gasteiger partial charge in [0.2, 0.25) is 0 Å². The van der Waals surface area contributed by atoms with E-state index in [9.17, 15) is 4.79 Å². The third-order valence-corrected chi connectivity index (χ3v) is 4.66. The van der Waals surface area contributed by atoms with Crippen LogP contribution in [-0.2, 0) is 4.74 Å². The van der Waals surface area contributed by atoms with Crippen molar-refractivity contribution in [2.75, 3.05) is 13.2 Å². The third kappa shape index (κ3) is 3.68. The summed E-state index contributed by atoms with van der Waals surface area (Å²) in [5.74, 6) is -0.0996. The number of carbonyl (C=O) groups excluding carboxylic acids is 1. The monoisotopic (exact) mass is 354 g/mol. The predicted octanol–water partition coefficient (Wildman–Crippen LogP) is 4.20. The first kappa shape index (κ1) is 17.5. The molecule has 0 aliphatic carbocycles. The molecule has 1 saturated heterocycles. The lowest BCUT2D eigenvalue weighted by atomic mass is 9.96. The second kappa shape index (κ2) is 6.87. The zero-order valence-electron chi connectivity index (χ0n) is 14.2. The molecule has 2 aromatic carbocycles. The van der Waals surface area contributed by atoms with Crippen molar-refractivity contribution in [2.24, 2.45) is 0 Å². The molecule has 1 unspecified atom stereocenters. The highest BCUT2D eigenvalue weighted by Crippen LogP contribution is 2.32. The Hall–Kier alpha value is -2.35. The van der Waals surface area contributed by atoms with Crippen LogP contribution in [-0.4, -0.2) is 29.5 Å². The van der Waals surface area contributed by atoms with Crippen molar-refractivity contribution in [2.45, 2.75) is 25.5 Å². The largest absolute Gasteiger partial charge is 0.369 e. The van der Waals surface area contributed by atoms with Gasteiger partial charge in [0.15, 0.2) is 0 Å². The maximum atomic E-state index is 13.1. The Labute approximate surface area is 152 Å². The summed E-state index contributed by atoms with van der Waals surface area (Å²) in [6.45, 7) is 4.82. The highest BCUT2D eigenvalue weighted by Gasteiger charge is 2.39. The molecule has 0 N–H and O–H groups in total. The van der Waals surface area contributed by atoms with Crippen molar-refractivity contribution >= 4 is 17.5 Å². The molecule has 5 heteroatoms. The molecule has 1 amide bonds. The summed E-state index contributed by atoms with van der Waals surface area (Å²) in [6.07, 6.45) is -0.227. The molecule has 128 valence electrons. The number of carbonyl (C=O) groups is 1. The fourth-order valence-corrected chi connectivity index (χ4v) is 3.19. The smallest absolute Gasteiger partial charge is 0.254 e. The second-order valence-corrected chi connectivity index (χ2v) is 7.21. The molecule has 0 radical (unpaired) electrons. The Morgan fingerprint density at radius 2 is 2.04 bits per heavy atom. The lowest BCUT2D eigenvalue weighted by Crippen LogP contribution is -2.56.